The molecule has 0 spiro atoms. The van der Waals surface area contributed by atoms with Crippen LogP contribution >= 0.6 is 35.0 Å². The zero-order chi connectivity index (χ0) is 13.0. The molecule has 94 valence electrons. The molecule has 0 radical (unpaired) electrons. The van der Waals surface area contributed by atoms with E-state index >= 15 is 0 Å². The highest BCUT2D eigenvalue weighted by atomic mass is 35.5. The Bertz CT molecular complexity index is 559. The molecule has 0 amide bonds. The summed E-state index contributed by atoms with van der Waals surface area (Å²) >= 11 is 13.5. The van der Waals surface area contributed by atoms with Gasteiger partial charge in [-0.2, -0.15) is 0 Å². The molecule has 1 aromatic heterocycles. The fourth-order valence-corrected chi connectivity index (χ4v) is 2.75. The lowest BCUT2D eigenvalue weighted by atomic mass is 10.4. The zero-order valence-electron chi connectivity index (χ0n) is 9.22. The molecule has 1 heterocycles. The summed E-state index contributed by atoms with van der Waals surface area (Å²) in [6.45, 7) is 0.647. The average molecular weight is 302 g/mol. The van der Waals surface area contributed by atoms with Crippen molar-refractivity contribution >= 4 is 41.2 Å². The monoisotopic (exact) mass is 301 g/mol. The molecule has 0 aliphatic heterocycles. The van der Waals surface area contributed by atoms with E-state index in [9.17, 15) is 4.79 Å². The first-order valence-electron chi connectivity index (χ1n) is 5.12. The maximum Gasteiger partial charge on any atom is 0.171 e. The minimum absolute atomic E-state index is 0.334. The van der Waals surface area contributed by atoms with E-state index in [1.165, 1.54) is 0 Å². The number of carbonyl (C=O) groups excluding carboxylic acids is 1. The summed E-state index contributed by atoms with van der Waals surface area (Å²) in [5.41, 5.74) is 0.334. The number of benzene rings is 1. The third-order valence-corrected chi connectivity index (χ3v) is 3.86. The second-order valence-corrected chi connectivity index (χ2v) is 5.43. The van der Waals surface area contributed by atoms with Crippen LogP contribution in [-0.4, -0.2) is 27.0 Å². The van der Waals surface area contributed by atoms with Crippen molar-refractivity contribution in [3.63, 3.8) is 0 Å². The Balaban J connectivity index is 1.91. The number of halogens is 2. The maximum absolute atomic E-state index is 10.4. The van der Waals surface area contributed by atoms with Crippen molar-refractivity contribution in [2.24, 2.45) is 0 Å². The first-order chi connectivity index (χ1) is 8.69. The molecule has 0 atom stereocenters. The Morgan fingerprint density at radius 2 is 2.22 bits per heavy atom. The molecule has 7 heteroatoms. The first-order valence-corrected chi connectivity index (χ1v) is 6.86. The van der Waals surface area contributed by atoms with E-state index in [1.807, 2.05) is 6.07 Å². The number of carbonyl (C=O) groups is 1. The second kappa shape index (κ2) is 6.22. The molecule has 4 nitrogen and oxygen atoms in total. The highest BCUT2D eigenvalue weighted by Gasteiger charge is 2.03. The predicted octanol–water partition coefficient (Wildman–Crippen LogP) is 3.19. The average Bonchev–Trinajstić information content (AvgIpc) is 2.81. The third-order valence-electron chi connectivity index (χ3n) is 2.15. The van der Waals surface area contributed by atoms with Gasteiger partial charge in [0.1, 0.15) is 5.69 Å². The van der Waals surface area contributed by atoms with Crippen molar-refractivity contribution in [3.8, 4) is 0 Å². The van der Waals surface area contributed by atoms with Crippen molar-refractivity contribution in [1.82, 2.24) is 15.0 Å². The first kappa shape index (κ1) is 13.4. The van der Waals surface area contributed by atoms with Crippen molar-refractivity contribution in [2.45, 2.75) is 11.4 Å². The van der Waals surface area contributed by atoms with E-state index in [1.54, 1.807) is 34.8 Å². The number of aryl methyl sites for hydroxylation is 1. The van der Waals surface area contributed by atoms with Gasteiger partial charge in [-0.1, -0.05) is 28.4 Å². The van der Waals surface area contributed by atoms with Gasteiger partial charge in [0.15, 0.2) is 6.29 Å². The molecule has 0 N–H and O–H groups in total. The van der Waals surface area contributed by atoms with E-state index < -0.39 is 0 Å². The van der Waals surface area contributed by atoms with Crippen LogP contribution in [0.5, 0.6) is 0 Å². The van der Waals surface area contributed by atoms with E-state index in [2.05, 4.69) is 10.3 Å². The van der Waals surface area contributed by atoms with Crippen LogP contribution in [0.15, 0.2) is 29.3 Å². The van der Waals surface area contributed by atoms with Gasteiger partial charge >= 0.3 is 0 Å². The minimum atomic E-state index is 0.334. The zero-order valence-corrected chi connectivity index (χ0v) is 11.5. The summed E-state index contributed by atoms with van der Waals surface area (Å²) in [4.78, 5) is 11.4. The Hall–Kier alpha value is -1.04. The topological polar surface area (TPSA) is 47.8 Å². The summed E-state index contributed by atoms with van der Waals surface area (Å²) in [6.07, 6.45) is 2.28. The van der Waals surface area contributed by atoms with Gasteiger partial charge in [-0.3, -0.25) is 9.48 Å². The second-order valence-electron chi connectivity index (χ2n) is 3.45. The summed E-state index contributed by atoms with van der Waals surface area (Å²) < 4.78 is 1.62. The van der Waals surface area contributed by atoms with Gasteiger partial charge in [-0.15, -0.1) is 16.9 Å². The number of thioether (sulfide) groups is 1. The van der Waals surface area contributed by atoms with Gasteiger partial charge in [-0.05, 0) is 18.2 Å². The van der Waals surface area contributed by atoms with Crippen molar-refractivity contribution < 1.29 is 4.79 Å². The molecule has 0 aliphatic carbocycles. The Labute approximate surface area is 118 Å². The summed E-state index contributed by atoms with van der Waals surface area (Å²) in [5, 5.41) is 8.84. The van der Waals surface area contributed by atoms with E-state index in [-0.39, 0.29) is 0 Å². The molecule has 0 unspecified atom stereocenters. The maximum atomic E-state index is 10.4. The van der Waals surface area contributed by atoms with Crippen molar-refractivity contribution in [1.29, 1.82) is 0 Å². The van der Waals surface area contributed by atoms with Crippen LogP contribution in [0.1, 0.15) is 10.5 Å². The number of hydrogen-bond donors (Lipinski definition) is 0. The predicted molar refractivity (Wildman–Crippen MR) is 72.6 cm³/mol. The quantitative estimate of drug-likeness (QED) is 0.628. The minimum Gasteiger partial charge on any atom is -0.296 e. The number of aldehydes is 1. The van der Waals surface area contributed by atoms with E-state index in [0.29, 0.717) is 28.6 Å². The molecule has 2 aromatic rings. The lowest BCUT2D eigenvalue weighted by Crippen LogP contribution is -2.01. The smallest absolute Gasteiger partial charge is 0.171 e. The van der Waals surface area contributed by atoms with Crippen LogP contribution in [0.2, 0.25) is 10.0 Å². The Kier molecular flexibility index (Phi) is 4.63. The molecular formula is C11H9Cl2N3OS. The van der Waals surface area contributed by atoms with Gasteiger partial charge in [0.25, 0.3) is 0 Å². The van der Waals surface area contributed by atoms with Gasteiger partial charge in [-0.25, -0.2) is 0 Å². The molecule has 18 heavy (non-hydrogen) atoms. The lowest BCUT2D eigenvalue weighted by molar-refractivity contribution is 0.111. The van der Waals surface area contributed by atoms with E-state index in [4.69, 9.17) is 23.2 Å². The molecule has 0 aliphatic rings. The summed E-state index contributed by atoms with van der Waals surface area (Å²) in [6, 6.07) is 5.35. The molecule has 2 rings (SSSR count). The highest BCUT2D eigenvalue weighted by Crippen LogP contribution is 2.29. The van der Waals surface area contributed by atoms with Crippen molar-refractivity contribution in [3.05, 3.63) is 40.1 Å². The van der Waals surface area contributed by atoms with Gasteiger partial charge in [0.05, 0.1) is 17.8 Å². The molecule has 1 aromatic carbocycles. The SMILES string of the molecule is O=Cc1cn(CCSc2cc(Cl)ccc2Cl)nn1. The van der Waals surface area contributed by atoms with Crippen LogP contribution in [0.4, 0.5) is 0 Å². The lowest BCUT2D eigenvalue weighted by Gasteiger charge is -2.04. The van der Waals surface area contributed by atoms with Gasteiger partial charge in [0.2, 0.25) is 0 Å². The summed E-state index contributed by atoms with van der Waals surface area (Å²) in [7, 11) is 0. The fourth-order valence-electron chi connectivity index (χ4n) is 1.31. The Morgan fingerprint density at radius 3 is 2.94 bits per heavy atom. The van der Waals surface area contributed by atoms with Crippen LogP contribution in [-0.2, 0) is 6.54 Å². The molecule has 0 bridgehead atoms. The molecular weight excluding hydrogens is 293 g/mol. The number of nitrogens with zero attached hydrogens (tertiary/aromatic N) is 3. The fraction of sp³-hybridized carbons (Fsp3) is 0.182. The van der Waals surface area contributed by atoms with E-state index in [0.717, 1.165) is 10.6 Å². The van der Waals surface area contributed by atoms with Crippen LogP contribution in [0.25, 0.3) is 0 Å². The standard InChI is InChI=1S/C11H9Cl2N3OS/c12-8-1-2-10(13)11(5-8)18-4-3-16-6-9(7-17)14-15-16/h1-2,5-7H,3-4H2. The third kappa shape index (κ3) is 3.48. The number of hydrogen-bond acceptors (Lipinski definition) is 4. The Morgan fingerprint density at radius 1 is 1.39 bits per heavy atom. The van der Waals surface area contributed by atoms with Crippen LogP contribution in [0.3, 0.4) is 0 Å². The number of rotatable bonds is 5. The van der Waals surface area contributed by atoms with Gasteiger partial charge < -0.3 is 0 Å². The van der Waals surface area contributed by atoms with Crippen molar-refractivity contribution in [2.75, 3.05) is 5.75 Å². The molecule has 0 fully saturated rings. The van der Waals surface area contributed by atoms with Crippen LogP contribution < -0.4 is 0 Å². The summed E-state index contributed by atoms with van der Waals surface area (Å²) in [5.74, 6) is 0.766. The molecule has 0 saturated heterocycles. The van der Waals surface area contributed by atoms with Gasteiger partial charge in [0, 0.05) is 15.7 Å². The largest absolute Gasteiger partial charge is 0.296 e. The van der Waals surface area contributed by atoms with Crippen LogP contribution in [0, 0.1) is 0 Å². The molecule has 0 saturated carbocycles. The normalized spacial score (nSPS) is 10.6. The highest BCUT2D eigenvalue weighted by molar-refractivity contribution is 7.99. The number of aromatic nitrogens is 3.